The molecule has 10 heteroatoms. The van der Waals surface area contributed by atoms with Gasteiger partial charge in [-0.25, -0.2) is 28.3 Å². The van der Waals surface area contributed by atoms with Crippen LogP contribution in [0, 0.1) is 18.2 Å². The summed E-state index contributed by atoms with van der Waals surface area (Å²) in [7, 11) is 0. The van der Waals surface area contributed by atoms with E-state index < -0.39 is 11.6 Å². The number of pyridine rings is 1. The minimum Gasteiger partial charge on any atom is -0.382 e. The predicted octanol–water partition coefficient (Wildman–Crippen LogP) is 4.96. The van der Waals surface area contributed by atoms with Crippen LogP contribution in [0.25, 0.3) is 27.1 Å². The maximum absolute atomic E-state index is 13.6. The minimum atomic E-state index is -0.912. The van der Waals surface area contributed by atoms with Crippen LogP contribution < -0.4 is 11.1 Å². The van der Waals surface area contributed by atoms with Crippen molar-refractivity contribution in [1.82, 2.24) is 24.7 Å². The molecule has 0 amide bonds. The molecule has 3 N–H and O–H groups in total. The van der Waals surface area contributed by atoms with Crippen molar-refractivity contribution in [1.29, 1.82) is 0 Å². The van der Waals surface area contributed by atoms with Crippen molar-refractivity contribution in [2.75, 3.05) is 11.1 Å². The fourth-order valence-electron chi connectivity index (χ4n) is 3.63. The number of nitrogens with two attached hydrogens (primary N) is 1. The van der Waals surface area contributed by atoms with Gasteiger partial charge in [-0.05, 0) is 29.3 Å². The average Bonchev–Trinajstić information content (AvgIpc) is 3.22. The molecular weight excluding hydrogens is 450 g/mol. The van der Waals surface area contributed by atoms with E-state index in [1.807, 2.05) is 24.3 Å². The van der Waals surface area contributed by atoms with Crippen LogP contribution in [0.4, 0.5) is 26.1 Å². The van der Waals surface area contributed by atoms with Crippen molar-refractivity contribution in [3.05, 3.63) is 101 Å². The lowest BCUT2D eigenvalue weighted by molar-refractivity contribution is 0.507. The summed E-state index contributed by atoms with van der Waals surface area (Å²) in [5, 5.41) is 8.46. The van der Waals surface area contributed by atoms with E-state index in [0.717, 1.165) is 23.3 Å². The number of hydrogen-bond acceptors (Lipinski definition) is 6. The number of hydrogen-bond donors (Lipinski definition) is 2. The molecule has 3 heterocycles. The van der Waals surface area contributed by atoms with E-state index in [4.69, 9.17) is 12.3 Å². The number of nitrogens with one attached hydrogen (secondary N) is 1. The normalized spacial score (nSPS) is 10.9. The summed E-state index contributed by atoms with van der Waals surface area (Å²) in [5.74, 6) is -0.954. The van der Waals surface area contributed by atoms with Crippen LogP contribution in [-0.2, 0) is 13.1 Å². The lowest BCUT2D eigenvalue weighted by Crippen LogP contribution is -2.05. The zero-order valence-electron chi connectivity index (χ0n) is 18.3. The van der Waals surface area contributed by atoms with Gasteiger partial charge in [-0.2, -0.15) is 5.10 Å². The first-order valence-electron chi connectivity index (χ1n) is 10.6. The quantitative estimate of drug-likeness (QED) is 0.342. The molecule has 5 rings (SSSR count). The van der Waals surface area contributed by atoms with Crippen LogP contribution in [0.1, 0.15) is 11.1 Å². The third-order valence-corrected chi connectivity index (χ3v) is 5.40. The van der Waals surface area contributed by atoms with Gasteiger partial charge in [0.2, 0.25) is 5.69 Å². The van der Waals surface area contributed by atoms with Crippen molar-refractivity contribution in [2.45, 2.75) is 13.1 Å². The number of benzene rings is 2. The van der Waals surface area contributed by atoms with Crippen LogP contribution in [0.5, 0.6) is 0 Å². The number of fused-ring (bicyclic) bond motifs is 1. The van der Waals surface area contributed by atoms with Gasteiger partial charge in [0.25, 0.3) is 0 Å². The third kappa shape index (κ3) is 4.60. The Morgan fingerprint density at radius 1 is 0.914 bits per heavy atom. The maximum atomic E-state index is 13.6. The first kappa shape index (κ1) is 21.9. The van der Waals surface area contributed by atoms with Gasteiger partial charge < -0.3 is 11.1 Å². The second kappa shape index (κ2) is 9.15. The molecule has 172 valence electrons. The van der Waals surface area contributed by atoms with Crippen molar-refractivity contribution in [2.24, 2.45) is 0 Å². The molecule has 8 nitrogen and oxygen atoms in total. The van der Waals surface area contributed by atoms with Gasteiger partial charge in [0.1, 0.15) is 5.82 Å². The Balaban J connectivity index is 1.42. The topological polar surface area (TPSA) is 98.9 Å². The number of nitrogens with zero attached hydrogens (tertiary/aromatic N) is 6. The Bertz CT molecular complexity index is 1550. The predicted molar refractivity (Wildman–Crippen MR) is 128 cm³/mol. The van der Waals surface area contributed by atoms with Crippen molar-refractivity contribution in [3.8, 4) is 11.3 Å². The van der Waals surface area contributed by atoms with E-state index in [2.05, 4.69) is 30.2 Å². The third-order valence-electron chi connectivity index (χ3n) is 5.40. The highest BCUT2D eigenvalue weighted by Gasteiger charge is 2.14. The number of aromatic nitrogens is 5. The molecule has 0 radical (unpaired) electrons. The Kier molecular flexibility index (Phi) is 5.73. The SMILES string of the molecule is [C-]#[N+]c1cnc2c(c1)c(NCc1ccc(F)c(F)c1)nn2Cc1ccc(-c2cnc(N)cn2)cc1. The number of anilines is 2. The van der Waals surface area contributed by atoms with Crippen LogP contribution in [0.15, 0.2) is 67.1 Å². The first-order valence-corrected chi connectivity index (χ1v) is 10.6. The molecule has 5 aromatic rings. The number of halogens is 2. The molecule has 0 aliphatic heterocycles. The van der Waals surface area contributed by atoms with Gasteiger partial charge in [-0.3, -0.25) is 4.98 Å². The summed E-state index contributed by atoms with van der Waals surface area (Å²) in [4.78, 5) is 16.2. The summed E-state index contributed by atoms with van der Waals surface area (Å²) in [5.41, 5.74) is 9.73. The zero-order chi connectivity index (χ0) is 24.4. The molecule has 2 aromatic carbocycles. The van der Waals surface area contributed by atoms with E-state index in [0.29, 0.717) is 46.2 Å². The van der Waals surface area contributed by atoms with Crippen LogP contribution in [0.2, 0.25) is 0 Å². The molecule has 0 fully saturated rings. The van der Waals surface area contributed by atoms with Gasteiger partial charge >= 0.3 is 0 Å². The van der Waals surface area contributed by atoms with E-state index >= 15 is 0 Å². The van der Waals surface area contributed by atoms with Crippen molar-refractivity contribution < 1.29 is 8.78 Å². The molecule has 0 aliphatic rings. The van der Waals surface area contributed by atoms with E-state index in [9.17, 15) is 8.78 Å². The largest absolute Gasteiger partial charge is 0.382 e. The lowest BCUT2D eigenvalue weighted by Gasteiger charge is -2.06. The molecule has 0 spiro atoms. The van der Waals surface area contributed by atoms with Gasteiger partial charge in [0.05, 0.1) is 36.6 Å². The van der Waals surface area contributed by atoms with Gasteiger partial charge in [-0.15, -0.1) is 0 Å². The summed E-state index contributed by atoms with van der Waals surface area (Å²) in [6.07, 6.45) is 4.63. The second-order valence-corrected chi connectivity index (χ2v) is 7.81. The molecule has 0 aliphatic carbocycles. The summed E-state index contributed by atoms with van der Waals surface area (Å²) in [6, 6.07) is 13.2. The van der Waals surface area contributed by atoms with Gasteiger partial charge in [0.15, 0.2) is 23.1 Å². The maximum Gasteiger partial charge on any atom is 0.205 e. The van der Waals surface area contributed by atoms with E-state index in [1.165, 1.54) is 18.5 Å². The fraction of sp³-hybridized carbons (Fsp3) is 0.0800. The Morgan fingerprint density at radius 2 is 1.71 bits per heavy atom. The standard InChI is InChI=1S/C25H18F2N8/c1-29-18-9-19-24(32-10-16-4-7-20(26)21(27)8-16)34-35(25(19)33-11-18)14-15-2-5-17(6-3-15)22-12-31-23(28)13-30-22/h2-9,11-13H,10,14H2,(H2,28,31)(H,32,34). The molecule has 35 heavy (non-hydrogen) atoms. The summed E-state index contributed by atoms with van der Waals surface area (Å²) < 4.78 is 28.6. The minimum absolute atomic E-state index is 0.225. The van der Waals surface area contributed by atoms with Crippen LogP contribution >= 0.6 is 0 Å². The number of rotatable bonds is 6. The molecule has 0 unspecified atom stereocenters. The second-order valence-electron chi connectivity index (χ2n) is 7.81. The molecule has 0 saturated heterocycles. The van der Waals surface area contributed by atoms with E-state index in [1.54, 1.807) is 16.9 Å². The Labute approximate surface area is 198 Å². The summed E-state index contributed by atoms with van der Waals surface area (Å²) >= 11 is 0. The number of nitrogen functional groups attached to an aromatic ring is 1. The summed E-state index contributed by atoms with van der Waals surface area (Å²) in [6.45, 7) is 7.96. The van der Waals surface area contributed by atoms with Crippen molar-refractivity contribution >= 4 is 28.4 Å². The Morgan fingerprint density at radius 3 is 2.43 bits per heavy atom. The average molecular weight is 468 g/mol. The van der Waals surface area contributed by atoms with Crippen molar-refractivity contribution in [3.63, 3.8) is 0 Å². The van der Waals surface area contributed by atoms with Gasteiger partial charge in [0, 0.05) is 18.3 Å². The van der Waals surface area contributed by atoms with Crippen LogP contribution in [0.3, 0.4) is 0 Å². The molecule has 0 atom stereocenters. The molecule has 0 bridgehead atoms. The Hall–Kier alpha value is -4.91. The molecule has 3 aromatic heterocycles. The molecular formula is C25H18F2N8. The monoisotopic (exact) mass is 468 g/mol. The van der Waals surface area contributed by atoms with E-state index in [-0.39, 0.29) is 6.54 Å². The first-order chi connectivity index (χ1) is 17.0. The highest BCUT2D eigenvalue weighted by atomic mass is 19.2. The lowest BCUT2D eigenvalue weighted by atomic mass is 10.1. The molecule has 0 saturated carbocycles. The van der Waals surface area contributed by atoms with Crippen LogP contribution in [-0.4, -0.2) is 24.7 Å². The fourth-order valence-corrected chi connectivity index (χ4v) is 3.63. The zero-order valence-corrected chi connectivity index (χ0v) is 18.3. The highest BCUT2D eigenvalue weighted by Crippen LogP contribution is 2.27. The smallest absolute Gasteiger partial charge is 0.205 e. The van der Waals surface area contributed by atoms with Gasteiger partial charge in [-0.1, -0.05) is 30.3 Å². The highest BCUT2D eigenvalue weighted by molar-refractivity contribution is 5.90.